The third kappa shape index (κ3) is 2.32. The van der Waals surface area contributed by atoms with Crippen molar-refractivity contribution in [3.63, 3.8) is 0 Å². The molecule has 0 unspecified atom stereocenters. The van der Waals surface area contributed by atoms with E-state index in [-0.39, 0.29) is 6.42 Å². The van der Waals surface area contributed by atoms with Crippen LogP contribution in [0.3, 0.4) is 0 Å². The Bertz CT molecular complexity index is 464. The van der Waals surface area contributed by atoms with E-state index in [1.54, 1.807) is 6.07 Å². The van der Waals surface area contributed by atoms with Crippen molar-refractivity contribution < 1.29 is 8.78 Å². The van der Waals surface area contributed by atoms with Crippen molar-refractivity contribution in [1.29, 1.82) is 0 Å². The maximum atomic E-state index is 12.9. The second kappa shape index (κ2) is 3.61. The van der Waals surface area contributed by atoms with Gasteiger partial charge in [0.05, 0.1) is 0 Å². The van der Waals surface area contributed by atoms with Crippen LogP contribution in [0.5, 0.6) is 0 Å². The van der Waals surface area contributed by atoms with E-state index in [0.29, 0.717) is 5.56 Å². The van der Waals surface area contributed by atoms with Crippen molar-refractivity contribution in [2.75, 3.05) is 0 Å². The maximum absolute atomic E-state index is 12.9. The molecule has 2 heteroatoms. The molecule has 0 amide bonds. The highest BCUT2D eigenvalue weighted by Gasteiger charge is 2.22. The average Bonchev–Trinajstić information content (AvgIpc) is 2.16. The Hall–Kier alpha value is -1.44. The molecule has 0 heterocycles. The lowest BCUT2D eigenvalue weighted by atomic mass is 10.00. The smallest absolute Gasteiger partial charge is 0.207 e. The zero-order valence-corrected chi connectivity index (χ0v) is 8.50. The van der Waals surface area contributed by atoms with Gasteiger partial charge < -0.3 is 0 Å². The largest absolute Gasteiger partial charge is 0.249 e. The Kier molecular flexibility index (Phi) is 2.43. The van der Waals surface area contributed by atoms with E-state index >= 15 is 0 Å². The van der Waals surface area contributed by atoms with E-state index in [1.807, 2.05) is 36.4 Å². The second-order valence-electron chi connectivity index (χ2n) is 3.89. The Morgan fingerprint density at radius 2 is 1.67 bits per heavy atom. The summed E-state index contributed by atoms with van der Waals surface area (Å²) in [6.07, 6.45) is -0.200. The molecule has 0 nitrogen and oxygen atoms in total. The van der Waals surface area contributed by atoms with Crippen LogP contribution < -0.4 is 0 Å². The van der Waals surface area contributed by atoms with Crippen LogP contribution in [0.15, 0.2) is 42.5 Å². The summed E-state index contributed by atoms with van der Waals surface area (Å²) in [6, 6.07) is 13.1. The van der Waals surface area contributed by atoms with Gasteiger partial charge in [-0.2, -0.15) is 0 Å². The van der Waals surface area contributed by atoms with Gasteiger partial charge in [-0.25, -0.2) is 8.78 Å². The lowest BCUT2D eigenvalue weighted by molar-refractivity contribution is 0.0229. The molecule has 2 aromatic rings. The van der Waals surface area contributed by atoms with Crippen LogP contribution in [-0.4, -0.2) is 5.92 Å². The Balaban J connectivity index is 2.52. The first-order chi connectivity index (χ1) is 7.06. The highest BCUT2D eigenvalue weighted by Crippen LogP contribution is 2.25. The Morgan fingerprint density at radius 1 is 1.00 bits per heavy atom. The number of hydrogen-bond donors (Lipinski definition) is 0. The molecule has 15 heavy (non-hydrogen) atoms. The minimum atomic E-state index is -2.65. The van der Waals surface area contributed by atoms with Gasteiger partial charge in [-0.3, -0.25) is 0 Å². The van der Waals surface area contributed by atoms with Crippen LogP contribution >= 0.6 is 0 Å². The SMILES string of the molecule is CC(F)(F)Cc1cccc2ccccc12. The molecule has 0 bridgehead atoms. The summed E-state index contributed by atoms with van der Waals surface area (Å²) in [6.45, 7) is 0.953. The molecule has 0 saturated carbocycles. The van der Waals surface area contributed by atoms with Crippen LogP contribution in [0, 0.1) is 0 Å². The number of benzene rings is 2. The quantitative estimate of drug-likeness (QED) is 0.695. The van der Waals surface area contributed by atoms with Gasteiger partial charge in [0.15, 0.2) is 0 Å². The molecule has 0 aromatic heterocycles. The van der Waals surface area contributed by atoms with E-state index in [0.717, 1.165) is 17.7 Å². The molecule has 0 aliphatic rings. The monoisotopic (exact) mass is 206 g/mol. The van der Waals surface area contributed by atoms with Gasteiger partial charge >= 0.3 is 0 Å². The first-order valence-electron chi connectivity index (χ1n) is 4.91. The van der Waals surface area contributed by atoms with Crippen LogP contribution in [0.25, 0.3) is 10.8 Å². The molecule has 0 aliphatic heterocycles. The Morgan fingerprint density at radius 3 is 2.40 bits per heavy atom. The van der Waals surface area contributed by atoms with Gasteiger partial charge in [0, 0.05) is 6.42 Å². The fraction of sp³-hybridized carbons (Fsp3) is 0.231. The lowest BCUT2D eigenvalue weighted by Crippen LogP contribution is -2.13. The number of alkyl halides is 2. The van der Waals surface area contributed by atoms with Gasteiger partial charge in [-0.05, 0) is 23.3 Å². The van der Waals surface area contributed by atoms with Crippen molar-refractivity contribution in [2.45, 2.75) is 19.3 Å². The summed E-state index contributed by atoms with van der Waals surface area (Å²) in [4.78, 5) is 0. The highest BCUT2D eigenvalue weighted by atomic mass is 19.3. The van der Waals surface area contributed by atoms with Crippen molar-refractivity contribution >= 4 is 10.8 Å². The molecule has 0 aliphatic carbocycles. The van der Waals surface area contributed by atoms with E-state index in [1.165, 1.54) is 0 Å². The molecule has 0 spiro atoms. The zero-order chi connectivity index (χ0) is 10.9. The summed E-state index contributed by atoms with van der Waals surface area (Å²) in [5.74, 6) is -2.65. The van der Waals surface area contributed by atoms with Crippen LogP contribution in [0.1, 0.15) is 12.5 Å². The van der Waals surface area contributed by atoms with Crippen molar-refractivity contribution in [2.24, 2.45) is 0 Å². The fourth-order valence-corrected chi connectivity index (χ4v) is 1.78. The zero-order valence-electron chi connectivity index (χ0n) is 8.50. The summed E-state index contributed by atoms with van der Waals surface area (Å²) in [5, 5.41) is 1.93. The standard InChI is InChI=1S/C13H12F2/c1-13(14,15)9-11-7-4-6-10-5-2-3-8-12(10)11/h2-8H,9H2,1H3. The van der Waals surface area contributed by atoms with E-state index < -0.39 is 5.92 Å². The maximum Gasteiger partial charge on any atom is 0.249 e. The third-order valence-electron chi connectivity index (χ3n) is 2.38. The van der Waals surface area contributed by atoms with Crippen LogP contribution in [0.2, 0.25) is 0 Å². The van der Waals surface area contributed by atoms with Crippen molar-refractivity contribution in [3.8, 4) is 0 Å². The highest BCUT2D eigenvalue weighted by molar-refractivity contribution is 5.85. The van der Waals surface area contributed by atoms with Gasteiger partial charge in [-0.15, -0.1) is 0 Å². The summed E-state index contributed by atoms with van der Waals surface area (Å²) >= 11 is 0. The molecule has 0 fully saturated rings. The minimum absolute atomic E-state index is 0.200. The Labute approximate surface area is 87.5 Å². The van der Waals surface area contributed by atoms with E-state index in [2.05, 4.69) is 0 Å². The minimum Gasteiger partial charge on any atom is -0.207 e. The predicted molar refractivity (Wildman–Crippen MR) is 58.3 cm³/mol. The first kappa shape index (κ1) is 10.1. The molecular weight excluding hydrogens is 194 g/mol. The molecular formula is C13H12F2. The molecule has 0 saturated heterocycles. The van der Waals surface area contributed by atoms with Gasteiger partial charge in [0.2, 0.25) is 5.92 Å². The number of fused-ring (bicyclic) bond motifs is 1. The average molecular weight is 206 g/mol. The second-order valence-corrected chi connectivity index (χ2v) is 3.89. The summed E-state index contributed by atoms with van der Waals surface area (Å²) in [5.41, 5.74) is 0.709. The molecule has 0 atom stereocenters. The third-order valence-corrected chi connectivity index (χ3v) is 2.38. The molecule has 2 rings (SSSR count). The molecule has 0 radical (unpaired) electrons. The van der Waals surface area contributed by atoms with Crippen LogP contribution in [-0.2, 0) is 6.42 Å². The van der Waals surface area contributed by atoms with Gasteiger partial charge in [0.25, 0.3) is 0 Å². The summed E-state index contributed by atoms with van der Waals surface area (Å²) in [7, 11) is 0. The normalized spacial score (nSPS) is 11.9. The van der Waals surface area contributed by atoms with Crippen molar-refractivity contribution in [3.05, 3.63) is 48.0 Å². The van der Waals surface area contributed by atoms with Gasteiger partial charge in [0.1, 0.15) is 0 Å². The van der Waals surface area contributed by atoms with Crippen molar-refractivity contribution in [1.82, 2.24) is 0 Å². The lowest BCUT2D eigenvalue weighted by Gasteiger charge is -2.12. The number of hydrogen-bond acceptors (Lipinski definition) is 0. The molecule has 0 N–H and O–H groups in total. The van der Waals surface area contributed by atoms with Gasteiger partial charge in [-0.1, -0.05) is 42.5 Å². The molecule has 78 valence electrons. The summed E-state index contributed by atoms with van der Waals surface area (Å²) < 4.78 is 25.9. The van der Waals surface area contributed by atoms with Crippen LogP contribution in [0.4, 0.5) is 8.78 Å². The number of rotatable bonds is 2. The predicted octanol–water partition coefficient (Wildman–Crippen LogP) is 4.04. The fourth-order valence-electron chi connectivity index (χ4n) is 1.78. The first-order valence-corrected chi connectivity index (χ1v) is 4.91. The number of halogens is 2. The topological polar surface area (TPSA) is 0 Å². The molecule has 2 aromatic carbocycles. The van der Waals surface area contributed by atoms with E-state index in [9.17, 15) is 8.78 Å². The van der Waals surface area contributed by atoms with E-state index in [4.69, 9.17) is 0 Å².